The number of carboxylic acid groups (broad SMARTS) is 1. The molecule has 0 fully saturated rings. The number of ether oxygens (including phenoxy) is 2. The van der Waals surface area contributed by atoms with Gasteiger partial charge in [0, 0.05) is 17.0 Å². The number of hydrogen-bond acceptors (Lipinski definition) is 4. The topological polar surface area (TPSA) is 68.7 Å². The normalized spacial score (nSPS) is 12.6. The highest BCUT2D eigenvalue weighted by Gasteiger charge is 2.20. The van der Waals surface area contributed by atoms with Crippen molar-refractivity contribution in [3.63, 3.8) is 0 Å². The van der Waals surface area contributed by atoms with E-state index < -0.39 is 5.97 Å². The number of aliphatic carboxylic acids is 1. The summed E-state index contributed by atoms with van der Waals surface area (Å²) in [6, 6.07) is 11.7. The average Bonchev–Trinajstić information content (AvgIpc) is 3.03. The van der Waals surface area contributed by atoms with Crippen LogP contribution in [-0.4, -0.2) is 22.9 Å². The fourth-order valence-electron chi connectivity index (χ4n) is 3.17. The molecule has 0 unspecified atom stereocenters. The Morgan fingerprint density at radius 3 is 2.48 bits per heavy atom. The van der Waals surface area contributed by atoms with E-state index in [9.17, 15) is 9.90 Å². The molecule has 0 spiro atoms. The molecule has 5 nitrogen and oxygen atoms in total. The van der Waals surface area contributed by atoms with E-state index in [1.165, 1.54) is 0 Å². The van der Waals surface area contributed by atoms with Gasteiger partial charge in [-0.3, -0.25) is 4.79 Å². The fourth-order valence-corrected chi connectivity index (χ4v) is 3.17. The van der Waals surface area contributed by atoms with E-state index in [0.29, 0.717) is 17.2 Å². The zero-order chi connectivity index (χ0) is 17.6. The zero-order valence-electron chi connectivity index (χ0n) is 14.0. The van der Waals surface area contributed by atoms with Crippen molar-refractivity contribution < 1.29 is 19.4 Å². The summed E-state index contributed by atoms with van der Waals surface area (Å²) in [5, 5.41) is 10.2. The Morgan fingerprint density at radius 2 is 1.80 bits per heavy atom. The summed E-state index contributed by atoms with van der Waals surface area (Å²) in [7, 11) is 0. The molecule has 1 N–H and O–H groups in total. The van der Waals surface area contributed by atoms with E-state index in [-0.39, 0.29) is 13.2 Å². The first kappa shape index (κ1) is 15.4. The number of benzene rings is 2. The molecule has 2 aromatic carbocycles. The van der Waals surface area contributed by atoms with Crippen LogP contribution in [0.4, 0.5) is 0 Å². The molecule has 1 aliphatic heterocycles. The molecule has 1 aliphatic rings. The highest BCUT2D eigenvalue weighted by atomic mass is 16.7. The van der Waals surface area contributed by atoms with Crippen LogP contribution >= 0.6 is 0 Å². The summed E-state index contributed by atoms with van der Waals surface area (Å²) >= 11 is 0. The second-order valence-corrected chi connectivity index (χ2v) is 6.22. The van der Waals surface area contributed by atoms with Crippen LogP contribution < -0.4 is 9.47 Å². The van der Waals surface area contributed by atoms with Crippen molar-refractivity contribution >= 4 is 16.9 Å². The minimum absolute atomic E-state index is 0.0770. The first-order valence-corrected chi connectivity index (χ1v) is 8.04. The molecule has 0 aliphatic carbocycles. The highest BCUT2D eigenvalue weighted by Crippen LogP contribution is 2.39. The minimum Gasteiger partial charge on any atom is -0.481 e. The lowest BCUT2D eigenvalue weighted by molar-refractivity contribution is -0.136. The molecular formula is C20H17NO4. The monoisotopic (exact) mass is 335 g/mol. The highest BCUT2D eigenvalue weighted by molar-refractivity contribution is 5.91. The quantitative estimate of drug-likeness (QED) is 0.787. The predicted molar refractivity (Wildman–Crippen MR) is 94.1 cm³/mol. The van der Waals surface area contributed by atoms with Crippen LogP contribution in [0.25, 0.3) is 22.2 Å². The van der Waals surface area contributed by atoms with Gasteiger partial charge in [-0.25, -0.2) is 4.98 Å². The Kier molecular flexibility index (Phi) is 3.57. The Bertz CT molecular complexity index is 993. The second-order valence-electron chi connectivity index (χ2n) is 6.22. The van der Waals surface area contributed by atoms with Gasteiger partial charge in [0.05, 0.1) is 17.6 Å². The number of hydrogen-bond donors (Lipinski definition) is 1. The molecule has 2 heterocycles. The summed E-state index contributed by atoms with van der Waals surface area (Å²) in [4.78, 5) is 16.2. The van der Waals surface area contributed by atoms with E-state index in [2.05, 4.69) is 0 Å². The molecule has 0 atom stereocenters. The summed E-state index contributed by atoms with van der Waals surface area (Å²) in [5.41, 5.74) is 5.15. The van der Waals surface area contributed by atoms with Crippen molar-refractivity contribution in [1.82, 2.24) is 4.98 Å². The maximum absolute atomic E-state index is 11.4. The van der Waals surface area contributed by atoms with Crippen molar-refractivity contribution in [2.24, 2.45) is 0 Å². The van der Waals surface area contributed by atoms with Gasteiger partial charge in [-0.05, 0) is 31.0 Å². The third kappa shape index (κ3) is 2.67. The van der Waals surface area contributed by atoms with Crippen LogP contribution in [0.1, 0.15) is 16.7 Å². The van der Waals surface area contributed by atoms with Crippen molar-refractivity contribution in [3.8, 4) is 22.8 Å². The van der Waals surface area contributed by atoms with Crippen molar-refractivity contribution in [3.05, 3.63) is 53.1 Å². The molecule has 0 saturated heterocycles. The molecule has 3 aromatic rings. The number of fused-ring (bicyclic) bond motifs is 2. The predicted octanol–water partition coefficient (Wildman–Crippen LogP) is 3.87. The average molecular weight is 335 g/mol. The summed E-state index contributed by atoms with van der Waals surface area (Å²) < 4.78 is 10.9. The van der Waals surface area contributed by atoms with Gasteiger partial charge >= 0.3 is 5.97 Å². The molecule has 1 aromatic heterocycles. The van der Waals surface area contributed by atoms with Crippen molar-refractivity contribution in [2.75, 3.05) is 6.79 Å². The van der Waals surface area contributed by atoms with Crippen molar-refractivity contribution in [2.45, 2.75) is 20.3 Å². The van der Waals surface area contributed by atoms with E-state index in [0.717, 1.165) is 33.2 Å². The van der Waals surface area contributed by atoms with Crippen LogP contribution in [0.3, 0.4) is 0 Å². The Morgan fingerprint density at radius 1 is 1.12 bits per heavy atom. The second kappa shape index (κ2) is 5.77. The lowest BCUT2D eigenvalue weighted by Crippen LogP contribution is -2.06. The summed E-state index contributed by atoms with van der Waals surface area (Å²) in [6.07, 6.45) is -0.0770. The standard InChI is InChI=1S/C20H17NO4/c1-11-3-5-13(6-4-11)20-15(8-19(22)23)12(2)14-7-17-18(25-10-24-17)9-16(14)21-20/h3-7,9H,8,10H2,1-2H3,(H,22,23). The summed E-state index contributed by atoms with van der Waals surface area (Å²) in [5.74, 6) is 0.459. The molecule has 0 radical (unpaired) electrons. The molecule has 126 valence electrons. The van der Waals surface area contributed by atoms with Crippen LogP contribution in [0.5, 0.6) is 11.5 Å². The molecule has 4 rings (SSSR count). The third-order valence-electron chi connectivity index (χ3n) is 4.52. The number of rotatable bonds is 3. The number of aromatic nitrogens is 1. The van der Waals surface area contributed by atoms with Gasteiger partial charge in [0.1, 0.15) is 0 Å². The Labute approximate surface area is 144 Å². The maximum Gasteiger partial charge on any atom is 0.307 e. The number of nitrogens with zero attached hydrogens (tertiary/aromatic N) is 1. The first-order valence-electron chi connectivity index (χ1n) is 8.04. The van der Waals surface area contributed by atoms with Gasteiger partial charge in [-0.15, -0.1) is 0 Å². The van der Waals surface area contributed by atoms with Gasteiger partial charge in [0.2, 0.25) is 6.79 Å². The van der Waals surface area contributed by atoms with Gasteiger partial charge < -0.3 is 14.6 Å². The van der Waals surface area contributed by atoms with E-state index in [1.54, 1.807) is 0 Å². The molecule has 0 bridgehead atoms. The van der Waals surface area contributed by atoms with Crippen LogP contribution in [0, 0.1) is 13.8 Å². The number of carbonyl (C=O) groups is 1. The molecule has 0 amide bonds. The molecule has 5 heteroatoms. The van der Waals surface area contributed by atoms with E-state index in [1.807, 2.05) is 50.2 Å². The van der Waals surface area contributed by atoms with Crippen molar-refractivity contribution in [1.29, 1.82) is 0 Å². The Balaban J connectivity index is 2.00. The SMILES string of the molecule is Cc1ccc(-c2nc3cc4c(cc3c(C)c2CC(=O)O)OCO4)cc1. The van der Waals surface area contributed by atoms with Gasteiger partial charge in [0.25, 0.3) is 0 Å². The van der Waals surface area contributed by atoms with Crippen LogP contribution in [0.2, 0.25) is 0 Å². The molecular weight excluding hydrogens is 318 g/mol. The number of aryl methyl sites for hydroxylation is 2. The van der Waals surface area contributed by atoms with Gasteiger partial charge in [-0.1, -0.05) is 29.8 Å². The molecule has 0 saturated carbocycles. The largest absolute Gasteiger partial charge is 0.481 e. The minimum atomic E-state index is -0.877. The fraction of sp³-hybridized carbons (Fsp3) is 0.200. The van der Waals surface area contributed by atoms with E-state index >= 15 is 0 Å². The van der Waals surface area contributed by atoms with Crippen LogP contribution in [0.15, 0.2) is 36.4 Å². The molecule has 25 heavy (non-hydrogen) atoms. The third-order valence-corrected chi connectivity index (χ3v) is 4.52. The summed E-state index contributed by atoms with van der Waals surface area (Å²) in [6.45, 7) is 4.14. The Hall–Kier alpha value is -3.08. The van der Waals surface area contributed by atoms with Gasteiger partial charge in [-0.2, -0.15) is 0 Å². The van der Waals surface area contributed by atoms with Gasteiger partial charge in [0.15, 0.2) is 11.5 Å². The number of carboxylic acids is 1. The smallest absolute Gasteiger partial charge is 0.307 e. The maximum atomic E-state index is 11.4. The lowest BCUT2D eigenvalue weighted by Gasteiger charge is -2.14. The van der Waals surface area contributed by atoms with E-state index in [4.69, 9.17) is 14.5 Å². The lowest BCUT2D eigenvalue weighted by atomic mass is 9.95. The zero-order valence-corrected chi connectivity index (χ0v) is 14.0. The van der Waals surface area contributed by atoms with Crippen LogP contribution in [-0.2, 0) is 11.2 Å². The first-order chi connectivity index (χ1) is 12.0. The number of pyridine rings is 1.